The first-order valence-electron chi connectivity index (χ1n) is 5.90. The molecular formula is C14H15N3. The SMILES string of the molecule is Cc1ccc(N(CCC#N)C2CC2)c(C#N)c1. The van der Waals surface area contributed by atoms with Gasteiger partial charge in [-0.15, -0.1) is 0 Å². The van der Waals surface area contributed by atoms with Gasteiger partial charge in [0.25, 0.3) is 0 Å². The second-order valence-electron chi connectivity index (χ2n) is 4.47. The molecule has 0 saturated heterocycles. The Hall–Kier alpha value is -2.00. The zero-order valence-corrected chi connectivity index (χ0v) is 9.98. The molecule has 2 rings (SSSR count). The molecule has 0 heterocycles. The number of nitriles is 2. The Kier molecular flexibility index (Phi) is 3.30. The summed E-state index contributed by atoms with van der Waals surface area (Å²) in [5, 5.41) is 17.9. The zero-order chi connectivity index (χ0) is 12.3. The van der Waals surface area contributed by atoms with Gasteiger partial charge >= 0.3 is 0 Å². The van der Waals surface area contributed by atoms with Crippen molar-refractivity contribution in [2.24, 2.45) is 0 Å². The molecule has 0 aromatic heterocycles. The van der Waals surface area contributed by atoms with E-state index in [2.05, 4.69) is 17.0 Å². The van der Waals surface area contributed by atoms with Crippen LogP contribution in [-0.4, -0.2) is 12.6 Å². The van der Waals surface area contributed by atoms with Gasteiger partial charge in [-0.3, -0.25) is 0 Å². The first-order valence-corrected chi connectivity index (χ1v) is 5.90. The summed E-state index contributed by atoms with van der Waals surface area (Å²) >= 11 is 0. The minimum absolute atomic E-state index is 0.509. The molecule has 1 fully saturated rings. The molecule has 0 unspecified atom stereocenters. The number of aryl methyl sites for hydroxylation is 1. The molecule has 1 aromatic carbocycles. The molecule has 3 nitrogen and oxygen atoms in total. The molecule has 1 aromatic rings. The Morgan fingerprint density at radius 2 is 2.12 bits per heavy atom. The van der Waals surface area contributed by atoms with Crippen molar-refractivity contribution in [3.05, 3.63) is 29.3 Å². The topological polar surface area (TPSA) is 50.8 Å². The van der Waals surface area contributed by atoms with Crippen LogP contribution in [0.3, 0.4) is 0 Å². The summed E-state index contributed by atoms with van der Waals surface area (Å²) in [5.74, 6) is 0. The fourth-order valence-corrected chi connectivity index (χ4v) is 2.05. The molecule has 0 radical (unpaired) electrons. The van der Waals surface area contributed by atoms with Gasteiger partial charge in [-0.05, 0) is 37.5 Å². The molecule has 1 saturated carbocycles. The maximum Gasteiger partial charge on any atom is 0.101 e. The Labute approximate surface area is 102 Å². The van der Waals surface area contributed by atoms with Gasteiger partial charge in [0.15, 0.2) is 0 Å². The van der Waals surface area contributed by atoms with Crippen LogP contribution < -0.4 is 4.90 Å². The molecule has 1 aliphatic rings. The van der Waals surface area contributed by atoms with Crippen LogP contribution >= 0.6 is 0 Å². The summed E-state index contributed by atoms with van der Waals surface area (Å²) in [6.45, 7) is 2.71. The molecule has 0 N–H and O–H groups in total. The van der Waals surface area contributed by atoms with Gasteiger partial charge < -0.3 is 4.90 Å². The maximum absolute atomic E-state index is 9.18. The Bertz CT molecular complexity index is 489. The molecular weight excluding hydrogens is 210 g/mol. The molecule has 0 amide bonds. The van der Waals surface area contributed by atoms with Crippen molar-refractivity contribution in [3.8, 4) is 12.1 Å². The summed E-state index contributed by atoms with van der Waals surface area (Å²) in [5.41, 5.74) is 2.80. The van der Waals surface area contributed by atoms with Crippen molar-refractivity contribution in [1.29, 1.82) is 10.5 Å². The van der Waals surface area contributed by atoms with E-state index in [0.29, 0.717) is 12.5 Å². The van der Waals surface area contributed by atoms with E-state index in [1.165, 1.54) is 12.8 Å². The fourth-order valence-electron chi connectivity index (χ4n) is 2.05. The third-order valence-electron chi connectivity index (χ3n) is 3.03. The standard InChI is InChI=1S/C14H15N3/c1-11-3-6-14(12(9-11)10-16)17(8-2-7-15)13-4-5-13/h3,6,9,13H,2,4-5,8H2,1H3. The van der Waals surface area contributed by atoms with Gasteiger partial charge in [0.05, 0.1) is 23.7 Å². The summed E-state index contributed by atoms with van der Waals surface area (Å²) in [6.07, 6.45) is 2.85. The van der Waals surface area contributed by atoms with Crippen LogP contribution in [0.4, 0.5) is 5.69 Å². The van der Waals surface area contributed by atoms with Crippen LogP contribution in [-0.2, 0) is 0 Å². The van der Waals surface area contributed by atoms with Crippen molar-refractivity contribution in [2.45, 2.75) is 32.2 Å². The third-order valence-corrected chi connectivity index (χ3v) is 3.03. The normalized spacial score (nSPS) is 13.8. The fraction of sp³-hybridized carbons (Fsp3) is 0.429. The third kappa shape index (κ3) is 2.57. The van der Waals surface area contributed by atoms with E-state index in [1.54, 1.807) is 0 Å². The van der Waals surface area contributed by atoms with Gasteiger partial charge in [-0.25, -0.2) is 0 Å². The van der Waals surface area contributed by atoms with Crippen LogP contribution in [0.2, 0.25) is 0 Å². The molecule has 0 atom stereocenters. The number of rotatable bonds is 4. The van der Waals surface area contributed by atoms with Crippen LogP contribution in [0, 0.1) is 29.6 Å². The molecule has 0 aliphatic heterocycles. The van der Waals surface area contributed by atoms with Crippen molar-refractivity contribution < 1.29 is 0 Å². The highest BCUT2D eigenvalue weighted by molar-refractivity contribution is 5.61. The van der Waals surface area contributed by atoms with E-state index >= 15 is 0 Å². The van der Waals surface area contributed by atoms with E-state index in [9.17, 15) is 5.26 Å². The van der Waals surface area contributed by atoms with Gasteiger partial charge in [0.2, 0.25) is 0 Å². The van der Waals surface area contributed by atoms with Crippen molar-refractivity contribution in [2.75, 3.05) is 11.4 Å². The average Bonchev–Trinajstić information content (AvgIpc) is 3.15. The van der Waals surface area contributed by atoms with Gasteiger partial charge in [0, 0.05) is 12.6 Å². The highest BCUT2D eigenvalue weighted by Crippen LogP contribution is 2.33. The quantitative estimate of drug-likeness (QED) is 0.791. The molecule has 1 aliphatic carbocycles. The van der Waals surface area contributed by atoms with Gasteiger partial charge in [-0.2, -0.15) is 10.5 Å². The van der Waals surface area contributed by atoms with Gasteiger partial charge in [0.1, 0.15) is 6.07 Å². The van der Waals surface area contributed by atoms with Crippen LogP contribution in [0.5, 0.6) is 0 Å². The Morgan fingerprint density at radius 3 is 2.71 bits per heavy atom. The van der Waals surface area contributed by atoms with Crippen LogP contribution in [0.1, 0.15) is 30.4 Å². The largest absolute Gasteiger partial charge is 0.366 e. The minimum atomic E-state index is 0.509. The lowest BCUT2D eigenvalue weighted by atomic mass is 10.1. The maximum atomic E-state index is 9.18. The first kappa shape index (κ1) is 11.5. The summed E-state index contributed by atoms with van der Waals surface area (Å²) in [6, 6.07) is 10.9. The molecule has 0 bridgehead atoms. The van der Waals surface area contributed by atoms with Crippen molar-refractivity contribution in [3.63, 3.8) is 0 Å². The predicted molar refractivity (Wildman–Crippen MR) is 66.5 cm³/mol. The van der Waals surface area contributed by atoms with Crippen molar-refractivity contribution >= 4 is 5.69 Å². The highest BCUT2D eigenvalue weighted by atomic mass is 15.2. The predicted octanol–water partition coefficient (Wildman–Crippen LogP) is 2.75. The Balaban J connectivity index is 2.29. The molecule has 17 heavy (non-hydrogen) atoms. The van der Waals surface area contributed by atoms with Crippen molar-refractivity contribution in [1.82, 2.24) is 0 Å². The van der Waals surface area contributed by atoms with E-state index in [0.717, 1.165) is 23.4 Å². The number of hydrogen-bond acceptors (Lipinski definition) is 3. The summed E-state index contributed by atoms with van der Waals surface area (Å²) in [7, 11) is 0. The highest BCUT2D eigenvalue weighted by Gasteiger charge is 2.30. The molecule has 86 valence electrons. The first-order chi connectivity index (χ1) is 8.26. The lowest BCUT2D eigenvalue weighted by molar-refractivity contribution is 0.791. The number of hydrogen-bond donors (Lipinski definition) is 0. The zero-order valence-electron chi connectivity index (χ0n) is 9.98. The number of nitrogens with zero attached hydrogens (tertiary/aromatic N) is 3. The summed E-state index contributed by atoms with van der Waals surface area (Å²) < 4.78 is 0. The smallest absolute Gasteiger partial charge is 0.101 e. The van der Waals surface area contributed by atoms with E-state index < -0.39 is 0 Å². The lowest BCUT2D eigenvalue weighted by Crippen LogP contribution is -2.27. The number of anilines is 1. The van der Waals surface area contributed by atoms with Crippen LogP contribution in [0.25, 0.3) is 0 Å². The molecule has 3 heteroatoms. The average molecular weight is 225 g/mol. The second-order valence-corrected chi connectivity index (χ2v) is 4.47. The van der Waals surface area contributed by atoms with E-state index in [4.69, 9.17) is 5.26 Å². The lowest BCUT2D eigenvalue weighted by Gasteiger charge is -2.24. The van der Waals surface area contributed by atoms with Gasteiger partial charge in [-0.1, -0.05) is 6.07 Å². The monoisotopic (exact) mass is 225 g/mol. The molecule has 0 spiro atoms. The number of benzene rings is 1. The second kappa shape index (κ2) is 4.89. The minimum Gasteiger partial charge on any atom is -0.366 e. The summed E-state index contributed by atoms with van der Waals surface area (Å²) in [4.78, 5) is 2.21. The van der Waals surface area contributed by atoms with Crippen LogP contribution in [0.15, 0.2) is 18.2 Å². The van der Waals surface area contributed by atoms with E-state index in [1.807, 2.05) is 25.1 Å². The Morgan fingerprint density at radius 1 is 1.35 bits per heavy atom. The van der Waals surface area contributed by atoms with E-state index in [-0.39, 0.29) is 0 Å².